The van der Waals surface area contributed by atoms with Gasteiger partial charge in [0.1, 0.15) is 11.2 Å². The predicted molar refractivity (Wildman–Crippen MR) is 215 cm³/mol. The number of carbonyl (C=O) groups is 2. The molecule has 1 aliphatic rings. The second-order valence-electron chi connectivity index (χ2n) is 13.7. The van der Waals surface area contributed by atoms with Gasteiger partial charge >= 0.3 is 0 Å². The fraction of sp³-hybridized carbons (Fsp3) is 0. The molecule has 9 heteroatoms. The van der Waals surface area contributed by atoms with Crippen molar-refractivity contribution in [3.8, 4) is 33.4 Å². The van der Waals surface area contributed by atoms with Crippen LogP contribution in [0.25, 0.3) is 77.1 Å². The number of hydrogen-bond acceptors (Lipinski definition) is 6. The molecule has 0 saturated heterocycles. The van der Waals surface area contributed by atoms with Gasteiger partial charge in [0, 0.05) is 10.8 Å². The third kappa shape index (κ3) is 4.47. The molecule has 0 radical (unpaired) electrons. The molecule has 9 nitrogen and oxygen atoms in total. The van der Waals surface area contributed by atoms with Gasteiger partial charge in [0.25, 0.3) is 22.9 Å². The van der Waals surface area contributed by atoms with Crippen LogP contribution in [0.5, 0.6) is 0 Å². The number of amides is 2. The van der Waals surface area contributed by atoms with Crippen LogP contribution in [-0.2, 0) is 0 Å². The first-order chi connectivity index (χ1) is 26.9. The lowest BCUT2D eigenvalue weighted by molar-refractivity contribution is 0.0850. The lowest BCUT2D eigenvalue weighted by Crippen LogP contribution is -2.33. The van der Waals surface area contributed by atoms with Crippen LogP contribution in [-0.4, -0.2) is 20.8 Å². The highest BCUT2D eigenvalue weighted by Gasteiger charge is 2.26. The molecule has 2 N–H and O–H groups in total. The number of imide groups is 1. The molecule has 0 aliphatic carbocycles. The van der Waals surface area contributed by atoms with Crippen molar-refractivity contribution in [3.63, 3.8) is 0 Å². The van der Waals surface area contributed by atoms with Crippen molar-refractivity contribution in [1.29, 1.82) is 0 Å². The first kappa shape index (κ1) is 30.8. The number of fused-ring (bicyclic) bond motifs is 10. The second-order valence-corrected chi connectivity index (χ2v) is 13.7. The number of nitrogens with one attached hydrogen (secondary N) is 2. The highest BCUT2D eigenvalue weighted by molar-refractivity contribution is 6.18. The highest BCUT2D eigenvalue weighted by atomic mass is 16.3. The molecule has 7 aromatic carbocycles. The van der Waals surface area contributed by atoms with E-state index in [1.54, 1.807) is 34.8 Å². The fourth-order valence-electron chi connectivity index (χ4n) is 8.18. The smallest absolute Gasteiger partial charge is 0.283 e. The first-order valence-electron chi connectivity index (χ1n) is 17.8. The van der Waals surface area contributed by atoms with Crippen LogP contribution in [0.15, 0.2) is 160 Å². The molecule has 10 aromatic rings. The van der Waals surface area contributed by atoms with E-state index >= 15 is 0 Å². The fourth-order valence-corrected chi connectivity index (χ4v) is 8.18. The molecule has 0 atom stereocenters. The van der Waals surface area contributed by atoms with E-state index in [2.05, 4.69) is 10.6 Å². The van der Waals surface area contributed by atoms with Gasteiger partial charge < -0.3 is 9.73 Å². The van der Waals surface area contributed by atoms with E-state index in [9.17, 15) is 19.2 Å². The zero-order valence-corrected chi connectivity index (χ0v) is 28.8. The predicted octanol–water partition coefficient (Wildman–Crippen LogP) is 9.03. The number of benzene rings is 7. The molecule has 0 spiro atoms. The van der Waals surface area contributed by atoms with Crippen LogP contribution >= 0.6 is 0 Å². The standard InChI is InChI=1S/C46H26N4O5/c51-43-33-10-1-4-14-35(33)47-36-15-7-12-29(41(36)44(52)48-43)27-21-26(25-19-20-32-31-9-3-6-18-39(31)55-40(32)24-25)22-28(23-27)30-13-8-17-38-42(30)46(54)50-45(53)34-11-2-5-16-37(34)49(38)50/h1-24,47H,(H,48,51,52). The highest BCUT2D eigenvalue weighted by Crippen LogP contribution is 2.40. The van der Waals surface area contributed by atoms with Crippen LogP contribution in [0.1, 0.15) is 20.7 Å². The van der Waals surface area contributed by atoms with Gasteiger partial charge in [-0.25, -0.2) is 4.52 Å². The van der Waals surface area contributed by atoms with Gasteiger partial charge in [0.05, 0.1) is 44.3 Å². The van der Waals surface area contributed by atoms with E-state index in [-0.39, 0.29) is 5.56 Å². The lowest BCUT2D eigenvalue weighted by atomic mass is 9.89. The SMILES string of the molecule is O=C1NC(=O)c2c(cccc2-c2cc(-c3ccc4c(c3)oc3ccccc34)cc(-c3cccc4c3c(=O)n3c(=O)c5ccccc5n43)c2)Nc2ccccc21. The van der Waals surface area contributed by atoms with Crippen molar-refractivity contribution in [2.45, 2.75) is 0 Å². The maximum atomic E-state index is 14.3. The Morgan fingerprint density at radius 1 is 0.418 bits per heavy atom. The molecule has 2 amide bonds. The molecule has 0 bridgehead atoms. The van der Waals surface area contributed by atoms with Gasteiger partial charge in [0.2, 0.25) is 0 Å². The van der Waals surface area contributed by atoms with Crippen LogP contribution < -0.4 is 21.8 Å². The molecule has 0 unspecified atom stereocenters. The van der Waals surface area contributed by atoms with Crippen molar-refractivity contribution in [2.24, 2.45) is 0 Å². The van der Waals surface area contributed by atoms with Crippen molar-refractivity contribution >= 4 is 66.9 Å². The summed E-state index contributed by atoms with van der Waals surface area (Å²) in [6, 6.07) is 45.3. The Morgan fingerprint density at radius 2 is 1.07 bits per heavy atom. The van der Waals surface area contributed by atoms with Gasteiger partial charge in [-0.05, 0) is 106 Å². The molecule has 4 heterocycles. The third-order valence-electron chi connectivity index (χ3n) is 10.7. The average Bonchev–Trinajstić information content (AvgIpc) is 3.84. The zero-order valence-electron chi connectivity index (χ0n) is 28.8. The number of carbonyl (C=O) groups excluding carboxylic acids is 2. The minimum atomic E-state index is -0.547. The quantitative estimate of drug-likeness (QED) is 0.177. The summed E-state index contributed by atoms with van der Waals surface area (Å²) in [6.45, 7) is 0. The average molecular weight is 715 g/mol. The molecule has 0 fully saturated rings. The number of hydrogen-bond donors (Lipinski definition) is 2. The number of anilines is 2. The number of para-hydroxylation sites is 3. The Balaban J connectivity index is 1.18. The van der Waals surface area contributed by atoms with Crippen molar-refractivity contribution in [1.82, 2.24) is 14.3 Å². The Bertz CT molecular complexity index is 3430. The molecule has 0 saturated carbocycles. The first-order valence-corrected chi connectivity index (χ1v) is 17.8. The minimum absolute atomic E-state index is 0.296. The summed E-state index contributed by atoms with van der Waals surface area (Å²) in [5, 5.41) is 8.78. The Labute approximate surface area is 310 Å². The van der Waals surface area contributed by atoms with Gasteiger partial charge in [-0.1, -0.05) is 72.8 Å². The molecular formula is C46H26N4O5. The summed E-state index contributed by atoms with van der Waals surface area (Å²) in [7, 11) is 0. The van der Waals surface area contributed by atoms with Crippen LogP contribution in [0, 0.1) is 0 Å². The number of rotatable bonds is 3. The van der Waals surface area contributed by atoms with Gasteiger partial charge in [0.15, 0.2) is 0 Å². The number of aromatic nitrogens is 2. The topological polar surface area (TPSA) is 114 Å². The van der Waals surface area contributed by atoms with Crippen LogP contribution in [0.4, 0.5) is 11.4 Å². The van der Waals surface area contributed by atoms with Gasteiger partial charge in [-0.2, -0.15) is 4.52 Å². The van der Waals surface area contributed by atoms with Crippen LogP contribution in [0.2, 0.25) is 0 Å². The number of nitrogens with zero attached hydrogens (tertiary/aromatic N) is 2. The van der Waals surface area contributed by atoms with Crippen molar-refractivity contribution in [2.75, 3.05) is 5.32 Å². The Hall–Kier alpha value is -7.78. The number of furan rings is 1. The van der Waals surface area contributed by atoms with Gasteiger partial charge in [-0.15, -0.1) is 0 Å². The lowest BCUT2D eigenvalue weighted by Gasteiger charge is -2.21. The van der Waals surface area contributed by atoms with Gasteiger partial charge in [-0.3, -0.25) is 24.5 Å². The van der Waals surface area contributed by atoms with E-state index in [4.69, 9.17) is 4.42 Å². The molecule has 1 aliphatic heterocycles. The summed E-state index contributed by atoms with van der Waals surface area (Å²) in [5.74, 6) is -1.05. The van der Waals surface area contributed by atoms with E-state index in [1.807, 2.05) is 115 Å². The summed E-state index contributed by atoms with van der Waals surface area (Å²) in [6.07, 6.45) is 0. The molecule has 11 rings (SSSR count). The summed E-state index contributed by atoms with van der Waals surface area (Å²) < 4.78 is 9.16. The second kappa shape index (κ2) is 11.4. The third-order valence-corrected chi connectivity index (χ3v) is 10.7. The summed E-state index contributed by atoms with van der Waals surface area (Å²) in [4.78, 5) is 55.1. The molecule has 3 aromatic heterocycles. The van der Waals surface area contributed by atoms with E-state index in [0.717, 1.165) is 33.1 Å². The van der Waals surface area contributed by atoms with Crippen molar-refractivity contribution in [3.05, 3.63) is 177 Å². The zero-order chi connectivity index (χ0) is 36.9. The summed E-state index contributed by atoms with van der Waals surface area (Å²) >= 11 is 0. The maximum absolute atomic E-state index is 14.3. The van der Waals surface area contributed by atoms with E-state index < -0.39 is 17.4 Å². The largest absolute Gasteiger partial charge is 0.456 e. The van der Waals surface area contributed by atoms with Crippen molar-refractivity contribution < 1.29 is 14.0 Å². The monoisotopic (exact) mass is 714 g/mol. The molecular weight excluding hydrogens is 689 g/mol. The van der Waals surface area contributed by atoms with Crippen LogP contribution in [0.3, 0.4) is 0 Å². The Morgan fingerprint density at radius 3 is 1.96 bits per heavy atom. The normalized spacial score (nSPS) is 12.9. The summed E-state index contributed by atoms with van der Waals surface area (Å²) in [5.41, 5.74) is 7.94. The molecule has 260 valence electrons. The van der Waals surface area contributed by atoms with E-state index in [0.29, 0.717) is 66.6 Å². The molecule has 55 heavy (non-hydrogen) atoms. The Kier molecular flexibility index (Phi) is 6.36. The van der Waals surface area contributed by atoms with E-state index in [1.165, 1.54) is 4.52 Å². The minimum Gasteiger partial charge on any atom is -0.456 e. The maximum Gasteiger partial charge on any atom is 0.283 e.